The van der Waals surface area contributed by atoms with Gasteiger partial charge in [0.05, 0.1) is 26.9 Å². The number of ether oxygens (including phenoxy) is 4. The molecule has 1 aromatic rings. The number of aliphatic hydroxyl groups excluding tert-OH is 1. The Morgan fingerprint density at radius 2 is 1.79 bits per heavy atom. The van der Waals surface area contributed by atoms with Crippen molar-refractivity contribution in [2.75, 3.05) is 21.3 Å². The van der Waals surface area contributed by atoms with Gasteiger partial charge in [0.1, 0.15) is 11.3 Å². The third kappa shape index (κ3) is 2.00. The van der Waals surface area contributed by atoms with Gasteiger partial charge in [-0.1, -0.05) is 0 Å². The highest BCUT2D eigenvalue weighted by Crippen LogP contribution is 2.49. The molecule has 1 aromatic carbocycles. The Morgan fingerprint density at radius 1 is 1.16 bits per heavy atom. The zero-order valence-electron chi connectivity index (χ0n) is 10.8. The van der Waals surface area contributed by atoms with Crippen molar-refractivity contribution < 1.29 is 28.8 Å². The SMILES string of the molecule is COc1c(C=O)c2c(c(OC)c1OC)C=CC(O)O2. The molecule has 0 saturated heterocycles. The fourth-order valence-corrected chi connectivity index (χ4v) is 2.01. The number of hydrogen-bond donors (Lipinski definition) is 1. The molecule has 6 heteroatoms. The van der Waals surface area contributed by atoms with E-state index in [1.165, 1.54) is 27.4 Å². The van der Waals surface area contributed by atoms with Crippen LogP contribution in [0, 0.1) is 0 Å². The summed E-state index contributed by atoms with van der Waals surface area (Å²) >= 11 is 0. The normalized spacial score (nSPS) is 16.3. The summed E-state index contributed by atoms with van der Waals surface area (Å²) in [5.41, 5.74) is 0.686. The van der Waals surface area contributed by atoms with Crippen LogP contribution in [0.2, 0.25) is 0 Å². The molecule has 1 aliphatic heterocycles. The summed E-state index contributed by atoms with van der Waals surface area (Å²) in [5, 5.41) is 9.49. The van der Waals surface area contributed by atoms with Crippen LogP contribution in [0.1, 0.15) is 15.9 Å². The van der Waals surface area contributed by atoms with Crippen molar-refractivity contribution in [3.63, 3.8) is 0 Å². The number of hydrogen-bond acceptors (Lipinski definition) is 6. The maximum absolute atomic E-state index is 11.3. The number of fused-ring (bicyclic) bond motifs is 1. The fourth-order valence-electron chi connectivity index (χ4n) is 2.01. The van der Waals surface area contributed by atoms with Gasteiger partial charge in [-0.05, 0) is 12.2 Å². The van der Waals surface area contributed by atoms with E-state index >= 15 is 0 Å². The monoisotopic (exact) mass is 266 g/mol. The Kier molecular flexibility index (Phi) is 3.62. The molecule has 1 heterocycles. The summed E-state index contributed by atoms with van der Waals surface area (Å²) in [7, 11) is 4.33. The minimum Gasteiger partial charge on any atom is -0.492 e. The number of benzene rings is 1. The van der Waals surface area contributed by atoms with Gasteiger partial charge in [-0.2, -0.15) is 0 Å². The van der Waals surface area contributed by atoms with Crippen molar-refractivity contribution in [3.05, 3.63) is 17.2 Å². The molecule has 1 N–H and O–H groups in total. The van der Waals surface area contributed by atoms with Gasteiger partial charge >= 0.3 is 0 Å². The van der Waals surface area contributed by atoms with E-state index in [1.54, 1.807) is 6.08 Å². The largest absolute Gasteiger partial charge is 0.492 e. The van der Waals surface area contributed by atoms with E-state index in [4.69, 9.17) is 18.9 Å². The van der Waals surface area contributed by atoms with Crippen LogP contribution in [0.15, 0.2) is 6.08 Å². The smallest absolute Gasteiger partial charge is 0.217 e. The molecule has 0 saturated carbocycles. The lowest BCUT2D eigenvalue weighted by molar-refractivity contribution is 0.0221. The van der Waals surface area contributed by atoms with Gasteiger partial charge in [0.2, 0.25) is 12.0 Å². The number of methoxy groups -OCH3 is 3. The van der Waals surface area contributed by atoms with Crippen LogP contribution in [0.25, 0.3) is 6.08 Å². The number of aliphatic hydroxyl groups is 1. The predicted octanol–water partition coefficient (Wildman–Crippen LogP) is 1.25. The molecule has 0 spiro atoms. The highest BCUT2D eigenvalue weighted by Gasteiger charge is 2.29. The summed E-state index contributed by atoms with van der Waals surface area (Å²) in [6.07, 6.45) is 2.52. The van der Waals surface area contributed by atoms with Crippen LogP contribution in [0.5, 0.6) is 23.0 Å². The van der Waals surface area contributed by atoms with Crippen LogP contribution in [-0.4, -0.2) is 39.0 Å². The second-order valence-electron chi connectivity index (χ2n) is 3.74. The summed E-state index contributed by atoms with van der Waals surface area (Å²) in [5.74, 6) is 1.09. The topological polar surface area (TPSA) is 74.2 Å². The molecule has 1 unspecified atom stereocenters. The lowest BCUT2D eigenvalue weighted by atomic mass is 10.0. The summed E-state index contributed by atoms with van der Waals surface area (Å²) < 4.78 is 21.0. The number of rotatable bonds is 4. The Bertz CT molecular complexity index is 535. The van der Waals surface area contributed by atoms with Crippen molar-refractivity contribution in [3.8, 4) is 23.0 Å². The molecule has 0 bridgehead atoms. The van der Waals surface area contributed by atoms with Crippen molar-refractivity contribution in [1.29, 1.82) is 0 Å². The van der Waals surface area contributed by atoms with E-state index in [9.17, 15) is 9.90 Å². The highest BCUT2D eigenvalue weighted by molar-refractivity contribution is 5.91. The van der Waals surface area contributed by atoms with Gasteiger partial charge in [0.15, 0.2) is 17.8 Å². The van der Waals surface area contributed by atoms with E-state index in [1.807, 2.05) is 0 Å². The highest BCUT2D eigenvalue weighted by atomic mass is 16.6. The van der Waals surface area contributed by atoms with E-state index in [0.717, 1.165) is 0 Å². The van der Waals surface area contributed by atoms with Gasteiger partial charge < -0.3 is 24.1 Å². The molecular formula is C13H14O6. The number of aldehydes is 1. The zero-order chi connectivity index (χ0) is 14.0. The lowest BCUT2D eigenvalue weighted by Crippen LogP contribution is -2.18. The molecular weight excluding hydrogens is 252 g/mol. The molecule has 2 rings (SSSR count). The van der Waals surface area contributed by atoms with Crippen molar-refractivity contribution in [2.24, 2.45) is 0 Å². The Labute approximate surface area is 110 Å². The van der Waals surface area contributed by atoms with Crippen molar-refractivity contribution >= 4 is 12.4 Å². The molecule has 19 heavy (non-hydrogen) atoms. The van der Waals surface area contributed by atoms with E-state index in [-0.39, 0.29) is 17.1 Å². The van der Waals surface area contributed by atoms with E-state index in [2.05, 4.69) is 0 Å². The summed E-state index contributed by atoms with van der Waals surface area (Å²) in [4.78, 5) is 11.3. The maximum atomic E-state index is 11.3. The second-order valence-corrected chi connectivity index (χ2v) is 3.74. The number of carbonyl (C=O) groups excluding carboxylic acids is 1. The van der Waals surface area contributed by atoms with Crippen molar-refractivity contribution in [2.45, 2.75) is 6.29 Å². The molecule has 1 aliphatic rings. The van der Waals surface area contributed by atoms with Crippen LogP contribution in [0.3, 0.4) is 0 Å². The standard InChI is InChI=1S/C13H14O6/c1-16-11-7-4-5-9(15)19-10(7)8(6-14)12(17-2)13(11)18-3/h4-6,9,15H,1-3H3. The molecule has 0 aromatic heterocycles. The Hall–Kier alpha value is -2.21. The quantitative estimate of drug-likeness (QED) is 0.827. The maximum Gasteiger partial charge on any atom is 0.217 e. The summed E-state index contributed by atoms with van der Waals surface area (Å²) in [6, 6.07) is 0. The van der Waals surface area contributed by atoms with E-state index < -0.39 is 6.29 Å². The lowest BCUT2D eigenvalue weighted by Gasteiger charge is -2.24. The first-order valence-electron chi connectivity index (χ1n) is 5.51. The van der Waals surface area contributed by atoms with Crippen LogP contribution in [-0.2, 0) is 0 Å². The molecule has 0 aliphatic carbocycles. The van der Waals surface area contributed by atoms with Gasteiger partial charge in [-0.25, -0.2) is 0 Å². The van der Waals surface area contributed by atoms with Gasteiger partial charge in [-0.3, -0.25) is 4.79 Å². The molecule has 6 nitrogen and oxygen atoms in total. The van der Waals surface area contributed by atoms with Crippen molar-refractivity contribution in [1.82, 2.24) is 0 Å². The first-order chi connectivity index (χ1) is 9.17. The predicted molar refractivity (Wildman–Crippen MR) is 67.2 cm³/mol. The molecule has 1 atom stereocenters. The average Bonchev–Trinajstić information content (AvgIpc) is 2.44. The van der Waals surface area contributed by atoms with Crippen LogP contribution in [0.4, 0.5) is 0 Å². The minimum absolute atomic E-state index is 0.165. The minimum atomic E-state index is -1.12. The Balaban J connectivity index is 2.82. The Morgan fingerprint density at radius 3 is 2.32 bits per heavy atom. The third-order valence-corrected chi connectivity index (χ3v) is 2.79. The molecule has 102 valence electrons. The first kappa shape index (κ1) is 13.2. The zero-order valence-corrected chi connectivity index (χ0v) is 10.8. The third-order valence-electron chi connectivity index (χ3n) is 2.79. The van der Waals surface area contributed by atoms with Crippen LogP contribution < -0.4 is 18.9 Å². The molecule has 0 radical (unpaired) electrons. The molecule has 0 amide bonds. The number of carbonyl (C=O) groups is 1. The van der Waals surface area contributed by atoms with Gasteiger partial charge in [-0.15, -0.1) is 0 Å². The van der Waals surface area contributed by atoms with Gasteiger partial charge in [0.25, 0.3) is 0 Å². The van der Waals surface area contributed by atoms with Gasteiger partial charge in [0, 0.05) is 0 Å². The first-order valence-corrected chi connectivity index (χ1v) is 5.51. The van der Waals surface area contributed by atoms with Crippen LogP contribution >= 0.6 is 0 Å². The second kappa shape index (κ2) is 5.19. The molecule has 0 fully saturated rings. The average molecular weight is 266 g/mol. The van der Waals surface area contributed by atoms with E-state index in [0.29, 0.717) is 23.3 Å². The fraction of sp³-hybridized carbons (Fsp3) is 0.308. The summed E-state index contributed by atoms with van der Waals surface area (Å²) in [6.45, 7) is 0.